The van der Waals surface area contributed by atoms with Crippen LogP contribution in [-0.4, -0.2) is 24.6 Å². The normalized spacial score (nSPS) is 22.6. The van der Waals surface area contributed by atoms with Gasteiger partial charge >= 0.3 is 0 Å². The highest BCUT2D eigenvalue weighted by atomic mass is 35.5. The quantitative estimate of drug-likeness (QED) is 0.684. The maximum atomic E-state index is 10.8. The van der Waals surface area contributed by atoms with Crippen LogP contribution in [0.15, 0.2) is 18.2 Å². The number of nitro benzene ring substituents is 1. The minimum Gasteiger partial charge on any atom is -0.370 e. The van der Waals surface area contributed by atoms with Crippen molar-refractivity contribution in [3.05, 3.63) is 33.3 Å². The third kappa shape index (κ3) is 3.04. The molecule has 0 bridgehead atoms. The molecule has 0 aromatic heterocycles. The first-order chi connectivity index (χ1) is 9.54. The van der Waals surface area contributed by atoms with Crippen molar-refractivity contribution in [1.82, 2.24) is 0 Å². The van der Waals surface area contributed by atoms with Gasteiger partial charge in [0.15, 0.2) is 0 Å². The number of hydrogen-bond acceptors (Lipinski definition) is 4. The molecule has 1 aromatic rings. The monoisotopic (exact) mass is 297 g/mol. The summed E-state index contributed by atoms with van der Waals surface area (Å²) in [7, 11) is 1.99. The molecule has 1 aliphatic rings. The van der Waals surface area contributed by atoms with Gasteiger partial charge in [-0.2, -0.15) is 0 Å². The Bertz CT molecular complexity index is 495. The van der Waals surface area contributed by atoms with Crippen molar-refractivity contribution in [3.63, 3.8) is 0 Å². The highest BCUT2D eigenvalue weighted by Crippen LogP contribution is 2.35. The van der Waals surface area contributed by atoms with Gasteiger partial charge < -0.3 is 10.6 Å². The number of rotatable bonds is 4. The molecule has 2 rings (SSSR count). The van der Waals surface area contributed by atoms with Crippen LogP contribution in [-0.2, 0) is 0 Å². The predicted octanol–water partition coefficient (Wildman–Crippen LogP) is 3.20. The van der Waals surface area contributed by atoms with Crippen LogP contribution in [0.4, 0.5) is 11.4 Å². The molecule has 1 aliphatic carbocycles. The van der Waals surface area contributed by atoms with Gasteiger partial charge in [0.1, 0.15) is 0 Å². The number of nitrogens with zero attached hydrogens (tertiary/aromatic N) is 2. The molecule has 6 heteroatoms. The van der Waals surface area contributed by atoms with Gasteiger partial charge in [0.05, 0.1) is 15.6 Å². The van der Waals surface area contributed by atoms with Crippen LogP contribution in [0.3, 0.4) is 0 Å². The van der Waals surface area contributed by atoms with E-state index in [9.17, 15) is 10.1 Å². The van der Waals surface area contributed by atoms with Crippen LogP contribution >= 0.6 is 11.6 Å². The van der Waals surface area contributed by atoms with Gasteiger partial charge in [-0.25, -0.2) is 0 Å². The van der Waals surface area contributed by atoms with Gasteiger partial charge in [-0.3, -0.25) is 10.1 Å². The molecule has 0 saturated heterocycles. The smallest absolute Gasteiger partial charge is 0.271 e. The molecule has 5 nitrogen and oxygen atoms in total. The maximum absolute atomic E-state index is 10.8. The third-order valence-electron chi connectivity index (χ3n) is 4.19. The lowest BCUT2D eigenvalue weighted by Crippen LogP contribution is -2.43. The van der Waals surface area contributed by atoms with E-state index in [1.54, 1.807) is 6.07 Å². The molecule has 0 radical (unpaired) electrons. The van der Waals surface area contributed by atoms with Crippen molar-refractivity contribution in [1.29, 1.82) is 0 Å². The Morgan fingerprint density at radius 3 is 2.75 bits per heavy atom. The lowest BCUT2D eigenvalue weighted by Gasteiger charge is -2.39. The minimum atomic E-state index is -0.432. The Morgan fingerprint density at radius 1 is 1.45 bits per heavy atom. The van der Waals surface area contributed by atoms with Crippen LogP contribution in [0, 0.1) is 16.0 Å². The molecule has 0 amide bonds. The minimum absolute atomic E-state index is 0.0196. The van der Waals surface area contributed by atoms with Crippen molar-refractivity contribution in [2.75, 3.05) is 18.5 Å². The fourth-order valence-electron chi connectivity index (χ4n) is 3.05. The molecule has 0 spiro atoms. The van der Waals surface area contributed by atoms with E-state index in [4.69, 9.17) is 17.3 Å². The Balaban J connectivity index is 2.23. The Labute approximate surface area is 123 Å². The summed E-state index contributed by atoms with van der Waals surface area (Å²) in [6, 6.07) is 4.99. The highest BCUT2D eigenvalue weighted by molar-refractivity contribution is 6.33. The third-order valence-corrected chi connectivity index (χ3v) is 4.49. The molecule has 1 fully saturated rings. The first-order valence-corrected chi connectivity index (χ1v) is 7.29. The second-order valence-electron chi connectivity index (χ2n) is 5.35. The van der Waals surface area contributed by atoms with E-state index >= 15 is 0 Å². The molecule has 20 heavy (non-hydrogen) atoms. The molecule has 2 unspecified atom stereocenters. The zero-order valence-corrected chi connectivity index (χ0v) is 12.3. The van der Waals surface area contributed by atoms with Gasteiger partial charge in [-0.05, 0) is 31.4 Å². The van der Waals surface area contributed by atoms with Crippen LogP contribution in [0.5, 0.6) is 0 Å². The van der Waals surface area contributed by atoms with Gasteiger partial charge in [0.2, 0.25) is 0 Å². The Morgan fingerprint density at radius 2 is 2.15 bits per heavy atom. The van der Waals surface area contributed by atoms with Crippen molar-refractivity contribution in [2.24, 2.45) is 11.7 Å². The van der Waals surface area contributed by atoms with Crippen molar-refractivity contribution in [3.8, 4) is 0 Å². The summed E-state index contributed by atoms with van der Waals surface area (Å²) >= 11 is 6.20. The zero-order chi connectivity index (χ0) is 14.7. The molecule has 0 aliphatic heterocycles. The number of nitro groups is 1. The van der Waals surface area contributed by atoms with Crippen molar-refractivity contribution in [2.45, 2.75) is 31.7 Å². The van der Waals surface area contributed by atoms with E-state index in [2.05, 4.69) is 4.90 Å². The molecule has 2 N–H and O–H groups in total. The van der Waals surface area contributed by atoms with Gasteiger partial charge in [0.25, 0.3) is 5.69 Å². The zero-order valence-electron chi connectivity index (χ0n) is 11.6. The molecule has 110 valence electrons. The molecule has 1 aromatic carbocycles. The van der Waals surface area contributed by atoms with Gasteiger partial charge in [-0.1, -0.05) is 24.4 Å². The van der Waals surface area contributed by atoms with E-state index in [1.165, 1.54) is 25.0 Å². The van der Waals surface area contributed by atoms with Crippen LogP contribution < -0.4 is 10.6 Å². The Hall–Kier alpha value is -1.33. The molecule has 0 heterocycles. The lowest BCUT2D eigenvalue weighted by molar-refractivity contribution is -0.384. The molecule has 2 atom stereocenters. The summed E-state index contributed by atoms with van der Waals surface area (Å²) in [6.45, 7) is 0.666. The van der Waals surface area contributed by atoms with Crippen LogP contribution in [0.2, 0.25) is 5.02 Å². The maximum Gasteiger partial charge on any atom is 0.271 e. The fraction of sp³-hybridized carbons (Fsp3) is 0.571. The van der Waals surface area contributed by atoms with E-state index in [1.807, 2.05) is 7.05 Å². The Kier molecular flexibility index (Phi) is 4.83. The molecular weight excluding hydrogens is 278 g/mol. The van der Waals surface area contributed by atoms with E-state index in [-0.39, 0.29) is 5.69 Å². The number of anilines is 1. The number of hydrogen-bond donors (Lipinski definition) is 1. The second kappa shape index (κ2) is 6.41. The number of nitrogens with two attached hydrogens (primary N) is 1. The number of benzene rings is 1. The molecule has 1 saturated carbocycles. The van der Waals surface area contributed by atoms with Gasteiger partial charge in [-0.15, -0.1) is 0 Å². The van der Waals surface area contributed by atoms with E-state index < -0.39 is 4.92 Å². The highest BCUT2D eigenvalue weighted by Gasteiger charge is 2.28. The van der Waals surface area contributed by atoms with Gasteiger partial charge in [0, 0.05) is 25.2 Å². The van der Waals surface area contributed by atoms with Crippen LogP contribution in [0.25, 0.3) is 0 Å². The van der Waals surface area contributed by atoms with E-state index in [0.29, 0.717) is 23.5 Å². The topological polar surface area (TPSA) is 72.4 Å². The summed E-state index contributed by atoms with van der Waals surface area (Å²) in [5, 5.41) is 11.2. The number of non-ortho nitro benzene ring substituents is 1. The van der Waals surface area contributed by atoms with Crippen LogP contribution in [0.1, 0.15) is 25.7 Å². The first kappa shape index (κ1) is 15.1. The van der Waals surface area contributed by atoms with Crippen molar-refractivity contribution < 1.29 is 4.92 Å². The summed E-state index contributed by atoms with van der Waals surface area (Å²) in [4.78, 5) is 12.4. The standard InChI is InChI=1S/C14H20ClN3O2/c1-17(13-5-3-2-4-10(13)9-16)14-7-6-11(18(19)20)8-12(14)15/h6-8,10,13H,2-5,9,16H2,1H3. The summed E-state index contributed by atoms with van der Waals surface area (Å²) in [5.41, 5.74) is 6.72. The second-order valence-corrected chi connectivity index (χ2v) is 5.76. The lowest BCUT2D eigenvalue weighted by atomic mass is 9.83. The summed E-state index contributed by atoms with van der Waals surface area (Å²) < 4.78 is 0. The largest absolute Gasteiger partial charge is 0.370 e. The average molecular weight is 298 g/mol. The summed E-state index contributed by atoms with van der Waals surface area (Å²) in [5.74, 6) is 0.458. The predicted molar refractivity (Wildman–Crippen MR) is 81.3 cm³/mol. The fourth-order valence-corrected chi connectivity index (χ4v) is 3.36. The van der Waals surface area contributed by atoms with E-state index in [0.717, 1.165) is 18.5 Å². The first-order valence-electron chi connectivity index (χ1n) is 6.91. The summed E-state index contributed by atoms with van der Waals surface area (Å²) in [6.07, 6.45) is 4.64. The van der Waals surface area contributed by atoms with Crippen molar-refractivity contribution >= 4 is 23.0 Å². The SMILES string of the molecule is CN(c1ccc([N+](=O)[O-])cc1Cl)C1CCCCC1CN. The average Bonchev–Trinajstić information content (AvgIpc) is 2.46. The number of halogens is 1. The molecular formula is C14H20ClN3O2.